The molecular formula is C40H46O4. The van der Waals surface area contributed by atoms with Gasteiger partial charge < -0.3 is 0 Å². The number of ketones is 4. The Bertz CT molecular complexity index is 1520. The molecule has 2 aliphatic rings. The Morgan fingerprint density at radius 1 is 0.886 bits per heavy atom. The minimum absolute atomic E-state index is 0.0130. The quantitative estimate of drug-likeness (QED) is 0.138. The van der Waals surface area contributed by atoms with Crippen LogP contribution in [-0.4, -0.2) is 23.1 Å². The van der Waals surface area contributed by atoms with Gasteiger partial charge in [0.05, 0.1) is 5.92 Å². The van der Waals surface area contributed by atoms with E-state index in [-0.39, 0.29) is 35.6 Å². The summed E-state index contributed by atoms with van der Waals surface area (Å²) in [6.07, 6.45) is 10.8. The van der Waals surface area contributed by atoms with Crippen molar-refractivity contribution in [2.45, 2.75) is 109 Å². The van der Waals surface area contributed by atoms with Crippen molar-refractivity contribution in [2.24, 2.45) is 5.92 Å². The van der Waals surface area contributed by atoms with Crippen molar-refractivity contribution in [1.29, 1.82) is 0 Å². The number of unbranched alkanes of at least 4 members (excludes halogenated alkanes) is 1. The van der Waals surface area contributed by atoms with Crippen LogP contribution >= 0.6 is 0 Å². The predicted octanol–water partition coefficient (Wildman–Crippen LogP) is 9.57. The second-order valence-electron chi connectivity index (χ2n) is 13.0. The Morgan fingerprint density at radius 2 is 1.66 bits per heavy atom. The summed E-state index contributed by atoms with van der Waals surface area (Å²) >= 11 is 0. The van der Waals surface area contributed by atoms with Crippen molar-refractivity contribution in [3.63, 3.8) is 0 Å². The second kappa shape index (κ2) is 14.9. The van der Waals surface area contributed by atoms with Crippen molar-refractivity contribution < 1.29 is 19.2 Å². The molecule has 5 rings (SSSR count). The Kier molecular flexibility index (Phi) is 10.7. The fraction of sp³-hybridized carbons (Fsp3) is 0.450. The van der Waals surface area contributed by atoms with Gasteiger partial charge in [-0.25, -0.2) is 0 Å². The van der Waals surface area contributed by atoms with Crippen LogP contribution in [0.25, 0.3) is 0 Å². The molecular weight excluding hydrogens is 544 g/mol. The van der Waals surface area contributed by atoms with E-state index in [1.54, 1.807) is 12.1 Å². The highest BCUT2D eigenvalue weighted by Gasteiger charge is 2.35. The lowest BCUT2D eigenvalue weighted by molar-refractivity contribution is -0.120. The molecule has 0 N–H and O–H groups in total. The zero-order valence-electron chi connectivity index (χ0n) is 26.4. The molecule has 2 aliphatic carbocycles. The molecule has 44 heavy (non-hydrogen) atoms. The lowest BCUT2D eigenvalue weighted by Crippen LogP contribution is -2.27. The van der Waals surface area contributed by atoms with Gasteiger partial charge in [-0.2, -0.15) is 0 Å². The van der Waals surface area contributed by atoms with Gasteiger partial charge >= 0.3 is 0 Å². The van der Waals surface area contributed by atoms with E-state index >= 15 is 0 Å². The van der Waals surface area contributed by atoms with Crippen LogP contribution in [0.1, 0.15) is 149 Å². The molecule has 0 heterocycles. The zero-order valence-corrected chi connectivity index (χ0v) is 26.4. The SMILES string of the molecule is CCCC(CCCc1ccccc1C)c1ccc(C(=O)CCCCC2CCCC2=O)cc1C1CC(=O)c2ccccc2C1=O. The molecule has 1 fully saturated rings. The predicted molar refractivity (Wildman–Crippen MR) is 176 cm³/mol. The average Bonchev–Trinajstić information content (AvgIpc) is 3.45. The molecule has 3 unspecified atom stereocenters. The summed E-state index contributed by atoms with van der Waals surface area (Å²) in [6.45, 7) is 4.35. The number of hydrogen-bond donors (Lipinski definition) is 0. The van der Waals surface area contributed by atoms with Crippen molar-refractivity contribution in [2.75, 3.05) is 0 Å². The highest BCUT2D eigenvalue weighted by atomic mass is 16.1. The minimum Gasteiger partial charge on any atom is -0.299 e. The van der Waals surface area contributed by atoms with Gasteiger partial charge in [-0.1, -0.05) is 80.4 Å². The number of aryl methyl sites for hydroxylation is 2. The minimum atomic E-state index is -0.579. The van der Waals surface area contributed by atoms with E-state index in [4.69, 9.17) is 0 Å². The van der Waals surface area contributed by atoms with Crippen LogP contribution < -0.4 is 0 Å². The molecule has 3 aromatic carbocycles. The van der Waals surface area contributed by atoms with E-state index in [2.05, 4.69) is 44.2 Å². The largest absolute Gasteiger partial charge is 0.299 e. The summed E-state index contributed by atoms with van der Waals surface area (Å²) in [6, 6.07) is 21.6. The number of hydrogen-bond acceptors (Lipinski definition) is 4. The molecule has 0 saturated heterocycles. The van der Waals surface area contributed by atoms with E-state index < -0.39 is 5.92 Å². The molecule has 0 aliphatic heterocycles. The summed E-state index contributed by atoms with van der Waals surface area (Å²) in [5, 5.41) is 0. The summed E-state index contributed by atoms with van der Waals surface area (Å²) in [5.74, 6) is 0.248. The van der Waals surface area contributed by atoms with E-state index in [0.717, 1.165) is 75.3 Å². The Morgan fingerprint density at radius 3 is 2.41 bits per heavy atom. The van der Waals surface area contributed by atoms with Gasteiger partial charge in [-0.3, -0.25) is 19.2 Å². The maximum absolute atomic E-state index is 13.9. The molecule has 1 saturated carbocycles. The fourth-order valence-corrected chi connectivity index (χ4v) is 7.44. The number of benzene rings is 3. The first-order valence-corrected chi connectivity index (χ1v) is 16.8. The van der Waals surface area contributed by atoms with Crippen LogP contribution in [0.2, 0.25) is 0 Å². The van der Waals surface area contributed by atoms with Crippen LogP contribution in [0, 0.1) is 12.8 Å². The molecule has 4 nitrogen and oxygen atoms in total. The molecule has 0 spiro atoms. The lowest BCUT2D eigenvalue weighted by atomic mass is 9.74. The number of carbonyl (C=O) groups excluding carboxylic acids is 4. The van der Waals surface area contributed by atoms with Gasteiger partial charge in [0, 0.05) is 41.9 Å². The topological polar surface area (TPSA) is 68.3 Å². The third-order valence-corrected chi connectivity index (χ3v) is 9.96. The van der Waals surface area contributed by atoms with Gasteiger partial charge in [0.2, 0.25) is 0 Å². The van der Waals surface area contributed by atoms with Crippen molar-refractivity contribution in [3.05, 3.63) is 106 Å². The third kappa shape index (κ3) is 7.34. The first kappa shape index (κ1) is 31.8. The van der Waals surface area contributed by atoms with Gasteiger partial charge in [0.15, 0.2) is 17.3 Å². The Hall–Kier alpha value is -3.66. The normalized spacial score (nSPS) is 18.8. The monoisotopic (exact) mass is 590 g/mol. The maximum Gasteiger partial charge on any atom is 0.171 e. The van der Waals surface area contributed by atoms with Crippen molar-refractivity contribution in [3.8, 4) is 0 Å². The number of fused-ring (bicyclic) bond motifs is 1. The first-order valence-electron chi connectivity index (χ1n) is 16.8. The van der Waals surface area contributed by atoms with Gasteiger partial charge in [-0.15, -0.1) is 0 Å². The number of Topliss-reactive ketones (excluding diaryl/α,β-unsaturated/α-hetero) is 4. The van der Waals surface area contributed by atoms with Crippen LogP contribution in [0.3, 0.4) is 0 Å². The van der Waals surface area contributed by atoms with Crippen LogP contribution in [0.4, 0.5) is 0 Å². The molecule has 4 heteroatoms. The highest BCUT2D eigenvalue weighted by Crippen LogP contribution is 2.40. The maximum atomic E-state index is 13.9. The van der Waals surface area contributed by atoms with E-state index in [9.17, 15) is 19.2 Å². The fourth-order valence-electron chi connectivity index (χ4n) is 7.44. The molecule has 0 radical (unpaired) electrons. The van der Waals surface area contributed by atoms with Gasteiger partial charge in [0.25, 0.3) is 0 Å². The van der Waals surface area contributed by atoms with Gasteiger partial charge in [-0.05, 0) is 92.5 Å². The summed E-state index contributed by atoms with van der Waals surface area (Å²) in [4.78, 5) is 52.6. The van der Waals surface area contributed by atoms with E-state index in [0.29, 0.717) is 35.3 Å². The number of carbonyl (C=O) groups is 4. The highest BCUT2D eigenvalue weighted by molar-refractivity contribution is 6.17. The Labute approximate surface area is 262 Å². The standard InChI is InChI=1S/C40H46O4/c1-3-12-29(17-10-16-28-14-5-4-13-27(28)2)32-24-23-31(38(42)21-9-6-15-30-18-11-22-37(30)41)25-35(32)36-26-39(43)33-19-7-8-20-34(33)40(36)44/h4-5,7-8,13-14,19-20,23-25,29-30,36H,3,6,9-12,15-18,21-22,26H2,1-2H3. The number of rotatable bonds is 14. The zero-order chi connectivity index (χ0) is 31.1. The molecule has 3 aromatic rings. The smallest absolute Gasteiger partial charge is 0.171 e. The summed E-state index contributed by atoms with van der Waals surface area (Å²) in [5.41, 5.74) is 6.26. The molecule has 0 amide bonds. The van der Waals surface area contributed by atoms with Crippen molar-refractivity contribution >= 4 is 23.1 Å². The summed E-state index contributed by atoms with van der Waals surface area (Å²) < 4.78 is 0. The lowest BCUT2D eigenvalue weighted by Gasteiger charge is -2.28. The second-order valence-corrected chi connectivity index (χ2v) is 13.0. The third-order valence-electron chi connectivity index (χ3n) is 9.96. The van der Waals surface area contributed by atoms with Crippen LogP contribution in [-0.2, 0) is 11.2 Å². The Balaban J connectivity index is 1.39. The molecule has 230 valence electrons. The van der Waals surface area contributed by atoms with E-state index in [1.165, 1.54) is 11.1 Å². The van der Waals surface area contributed by atoms with E-state index in [1.807, 2.05) is 24.3 Å². The molecule has 0 aromatic heterocycles. The summed E-state index contributed by atoms with van der Waals surface area (Å²) in [7, 11) is 0. The van der Waals surface area contributed by atoms with Gasteiger partial charge in [0.1, 0.15) is 5.78 Å². The molecule has 0 bridgehead atoms. The van der Waals surface area contributed by atoms with Crippen LogP contribution in [0.15, 0.2) is 66.7 Å². The molecule has 3 atom stereocenters. The van der Waals surface area contributed by atoms with Crippen LogP contribution in [0.5, 0.6) is 0 Å². The average molecular weight is 591 g/mol. The van der Waals surface area contributed by atoms with Crippen molar-refractivity contribution in [1.82, 2.24) is 0 Å². The first-order chi connectivity index (χ1) is 21.4.